The Kier molecular flexibility index (Phi) is 6.85. The summed E-state index contributed by atoms with van der Waals surface area (Å²) >= 11 is 0. The van der Waals surface area contributed by atoms with E-state index in [0.29, 0.717) is 17.8 Å². The minimum Gasteiger partial charge on any atom is -0.354 e. The summed E-state index contributed by atoms with van der Waals surface area (Å²) in [6, 6.07) is 6.18. The Morgan fingerprint density at radius 3 is 1.86 bits per heavy atom. The molecule has 2 rings (SSSR count). The molecule has 2 aromatic rings. The Labute approximate surface area is 137 Å². The summed E-state index contributed by atoms with van der Waals surface area (Å²) in [6.45, 7) is 9.72. The molecule has 0 radical (unpaired) electrons. The smallest absolute Gasteiger partial charge is 0.233 e. The van der Waals surface area contributed by atoms with Gasteiger partial charge < -0.3 is 16.0 Å². The van der Waals surface area contributed by atoms with Crippen molar-refractivity contribution in [3.63, 3.8) is 0 Å². The molecule has 120 valence electrons. The molecule has 1 heterocycles. The Balaban J connectivity index is 0.00000242. The summed E-state index contributed by atoms with van der Waals surface area (Å²) in [4.78, 5) is 13.0. The highest BCUT2D eigenvalue weighted by atomic mass is 35.5. The molecule has 0 fully saturated rings. The van der Waals surface area contributed by atoms with E-state index in [2.05, 4.69) is 56.9 Å². The highest BCUT2D eigenvalue weighted by Gasteiger charge is 2.06. The maximum atomic E-state index is 4.37. The van der Waals surface area contributed by atoms with Gasteiger partial charge in [-0.05, 0) is 51.0 Å². The molecule has 0 amide bonds. The Bertz CT molecular complexity index is 593. The van der Waals surface area contributed by atoms with Crippen molar-refractivity contribution in [2.24, 2.45) is 0 Å². The van der Waals surface area contributed by atoms with Crippen molar-refractivity contribution in [1.82, 2.24) is 15.0 Å². The van der Waals surface area contributed by atoms with Crippen molar-refractivity contribution in [1.29, 1.82) is 0 Å². The SMILES string of the molecule is CCNc1nc(NCC)nc(Nc2ccc(C)c(C)c2)n1.Cl. The quantitative estimate of drug-likeness (QED) is 0.755. The van der Waals surface area contributed by atoms with Crippen LogP contribution in [-0.2, 0) is 0 Å². The molecule has 1 aromatic carbocycles. The van der Waals surface area contributed by atoms with E-state index < -0.39 is 0 Å². The molecule has 0 unspecified atom stereocenters. The van der Waals surface area contributed by atoms with Gasteiger partial charge in [0, 0.05) is 18.8 Å². The number of halogens is 1. The highest BCUT2D eigenvalue weighted by molar-refractivity contribution is 5.85. The van der Waals surface area contributed by atoms with Gasteiger partial charge in [0.25, 0.3) is 0 Å². The van der Waals surface area contributed by atoms with E-state index in [9.17, 15) is 0 Å². The molecule has 0 spiro atoms. The van der Waals surface area contributed by atoms with Gasteiger partial charge in [-0.2, -0.15) is 15.0 Å². The lowest BCUT2D eigenvalue weighted by atomic mass is 10.1. The predicted molar refractivity (Wildman–Crippen MR) is 94.6 cm³/mol. The number of aromatic nitrogens is 3. The van der Waals surface area contributed by atoms with Crippen LogP contribution in [0.4, 0.5) is 23.5 Å². The maximum Gasteiger partial charge on any atom is 0.233 e. The van der Waals surface area contributed by atoms with Crippen LogP contribution in [0.15, 0.2) is 18.2 Å². The number of aryl methyl sites for hydroxylation is 2. The van der Waals surface area contributed by atoms with Crippen molar-refractivity contribution in [3.05, 3.63) is 29.3 Å². The molecule has 6 nitrogen and oxygen atoms in total. The zero-order valence-electron chi connectivity index (χ0n) is 13.4. The lowest BCUT2D eigenvalue weighted by molar-refractivity contribution is 1.00. The zero-order valence-corrected chi connectivity index (χ0v) is 14.2. The average molecular weight is 323 g/mol. The number of nitrogens with zero attached hydrogens (tertiary/aromatic N) is 3. The van der Waals surface area contributed by atoms with E-state index in [1.54, 1.807) is 0 Å². The zero-order chi connectivity index (χ0) is 15.2. The monoisotopic (exact) mass is 322 g/mol. The highest BCUT2D eigenvalue weighted by Crippen LogP contribution is 2.18. The number of nitrogens with one attached hydrogen (secondary N) is 3. The van der Waals surface area contributed by atoms with Crippen LogP contribution in [0, 0.1) is 13.8 Å². The fraction of sp³-hybridized carbons (Fsp3) is 0.400. The summed E-state index contributed by atoms with van der Waals surface area (Å²) in [5.74, 6) is 1.66. The molecule has 0 atom stereocenters. The summed E-state index contributed by atoms with van der Waals surface area (Å²) in [6.07, 6.45) is 0. The van der Waals surface area contributed by atoms with E-state index in [1.807, 2.05) is 19.9 Å². The van der Waals surface area contributed by atoms with E-state index in [4.69, 9.17) is 0 Å². The van der Waals surface area contributed by atoms with E-state index in [0.717, 1.165) is 18.8 Å². The largest absolute Gasteiger partial charge is 0.354 e. The van der Waals surface area contributed by atoms with Crippen LogP contribution in [0.3, 0.4) is 0 Å². The predicted octanol–water partition coefficient (Wildman–Crippen LogP) is 3.52. The van der Waals surface area contributed by atoms with E-state index in [-0.39, 0.29) is 12.4 Å². The molecule has 1 aromatic heterocycles. The number of hydrogen-bond donors (Lipinski definition) is 3. The summed E-state index contributed by atoms with van der Waals surface area (Å²) < 4.78 is 0. The van der Waals surface area contributed by atoms with Gasteiger partial charge in [0.05, 0.1) is 0 Å². The van der Waals surface area contributed by atoms with Crippen LogP contribution in [-0.4, -0.2) is 28.0 Å². The maximum absolute atomic E-state index is 4.37. The lowest BCUT2D eigenvalue weighted by Crippen LogP contribution is -2.10. The van der Waals surface area contributed by atoms with Gasteiger partial charge in [-0.1, -0.05) is 6.07 Å². The second-order valence-electron chi connectivity index (χ2n) is 4.79. The van der Waals surface area contributed by atoms with Crippen LogP contribution in [0.5, 0.6) is 0 Å². The Hall–Kier alpha value is -2.08. The van der Waals surface area contributed by atoms with Crippen molar-refractivity contribution < 1.29 is 0 Å². The standard InChI is InChI=1S/C15H22N6.ClH/c1-5-16-13-19-14(17-6-2)21-15(20-13)18-12-8-7-10(3)11(4)9-12;/h7-9H,5-6H2,1-4H3,(H3,16,17,18,19,20,21);1H. The Morgan fingerprint density at radius 1 is 0.818 bits per heavy atom. The van der Waals surface area contributed by atoms with Gasteiger partial charge in [0.2, 0.25) is 17.8 Å². The number of anilines is 4. The summed E-state index contributed by atoms with van der Waals surface area (Å²) in [5, 5.41) is 9.45. The number of benzene rings is 1. The lowest BCUT2D eigenvalue weighted by Gasteiger charge is -2.11. The van der Waals surface area contributed by atoms with Crippen molar-refractivity contribution in [2.45, 2.75) is 27.7 Å². The van der Waals surface area contributed by atoms with Crippen LogP contribution in [0.1, 0.15) is 25.0 Å². The summed E-state index contributed by atoms with van der Waals surface area (Å²) in [7, 11) is 0. The van der Waals surface area contributed by atoms with Crippen LogP contribution in [0.2, 0.25) is 0 Å². The first-order valence-electron chi connectivity index (χ1n) is 7.20. The third-order valence-electron chi connectivity index (χ3n) is 3.07. The molecule has 0 aliphatic heterocycles. The van der Waals surface area contributed by atoms with Gasteiger partial charge in [-0.15, -0.1) is 12.4 Å². The van der Waals surface area contributed by atoms with Gasteiger partial charge in [0.1, 0.15) is 0 Å². The molecule has 0 aliphatic carbocycles. The van der Waals surface area contributed by atoms with Crippen LogP contribution >= 0.6 is 12.4 Å². The third kappa shape index (κ3) is 4.73. The molecule has 0 aliphatic rings. The Morgan fingerprint density at radius 2 is 1.36 bits per heavy atom. The van der Waals surface area contributed by atoms with Gasteiger partial charge in [-0.3, -0.25) is 0 Å². The van der Waals surface area contributed by atoms with Crippen molar-refractivity contribution in [3.8, 4) is 0 Å². The number of hydrogen-bond acceptors (Lipinski definition) is 6. The third-order valence-corrected chi connectivity index (χ3v) is 3.07. The molecule has 22 heavy (non-hydrogen) atoms. The molecule has 0 saturated carbocycles. The number of rotatable bonds is 6. The van der Waals surface area contributed by atoms with E-state index in [1.165, 1.54) is 11.1 Å². The second kappa shape index (κ2) is 8.38. The van der Waals surface area contributed by atoms with Crippen molar-refractivity contribution >= 4 is 35.9 Å². The minimum atomic E-state index is 0. The normalized spacial score (nSPS) is 9.82. The van der Waals surface area contributed by atoms with Crippen LogP contribution < -0.4 is 16.0 Å². The second-order valence-corrected chi connectivity index (χ2v) is 4.79. The van der Waals surface area contributed by atoms with Gasteiger partial charge >= 0.3 is 0 Å². The first kappa shape index (κ1) is 18.0. The average Bonchev–Trinajstić information content (AvgIpc) is 2.43. The van der Waals surface area contributed by atoms with Gasteiger partial charge in [-0.25, -0.2) is 0 Å². The summed E-state index contributed by atoms with van der Waals surface area (Å²) in [5.41, 5.74) is 3.46. The first-order valence-corrected chi connectivity index (χ1v) is 7.20. The fourth-order valence-corrected chi connectivity index (χ4v) is 1.85. The molecule has 0 saturated heterocycles. The van der Waals surface area contributed by atoms with E-state index >= 15 is 0 Å². The van der Waals surface area contributed by atoms with Gasteiger partial charge in [0.15, 0.2) is 0 Å². The van der Waals surface area contributed by atoms with Crippen LogP contribution in [0.25, 0.3) is 0 Å². The molecule has 7 heteroatoms. The molecular formula is C15H23ClN6. The first-order chi connectivity index (χ1) is 10.1. The molecule has 3 N–H and O–H groups in total. The minimum absolute atomic E-state index is 0. The van der Waals surface area contributed by atoms with Crippen molar-refractivity contribution in [2.75, 3.05) is 29.0 Å². The topological polar surface area (TPSA) is 74.8 Å². The molecule has 0 bridgehead atoms. The molecular weight excluding hydrogens is 300 g/mol. The fourth-order valence-electron chi connectivity index (χ4n) is 1.85.